The van der Waals surface area contributed by atoms with E-state index in [-0.39, 0.29) is 5.91 Å². The van der Waals surface area contributed by atoms with Gasteiger partial charge in [-0.1, -0.05) is 0 Å². The molecule has 84 valence electrons. The highest BCUT2D eigenvalue weighted by Crippen LogP contribution is 2.08. The van der Waals surface area contributed by atoms with E-state index in [0.717, 1.165) is 16.3 Å². The van der Waals surface area contributed by atoms with Crippen LogP contribution in [0.4, 0.5) is 0 Å². The summed E-state index contributed by atoms with van der Waals surface area (Å²) in [6, 6.07) is 0. The Hall–Kier alpha value is -1.69. The minimum atomic E-state index is -0.148. The fraction of sp³-hybridized carbons (Fsp3) is 0.300. The Bertz CT molecular complexity index is 502. The number of H-pyrrole nitrogens is 1. The molecule has 0 aromatic carbocycles. The number of aromatic amines is 1. The van der Waals surface area contributed by atoms with Crippen molar-refractivity contribution in [3.63, 3.8) is 0 Å². The fourth-order valence-electron chi connectivity index (χ4n) is 1.29. The fourth-order valence-corrected chi connectivity index (χ4v) is 1.88. The zero-order valence-electron chi connectivity index (χ0n) is 9.07. The molecule has 0 saturated heterocycles. The lowest BCUT2D eigenvalue weighted by molar-refractivity contribution is 0.0946. The Morgan fingerprint density at radius 2 is 2.38 bits per heavy atom. The lowest BCUT2D eigenvalue weighted by Crippen LogP contribution is -2.23. The van der Waals surface area contributed by atoms with Crippen LogP contribution in [-0.4, -0.2) is 21.1 Å². The Morgan fingerprint density at radius 1 is 1.56 bits per heavy atom. The van der Waals surface area contributed by atoms with Crippen LogP contribution in [0.15, 0.2) is 11.6 Å². The van der Waals surface area contributed by atoms with Crippen LogP contribution >= 0.6 is 11.3 Å². The maximum absolute atomic E-state index is 11.7. The third kappa shape index (κ3) is 2.27. The topological polar surface area (TPSA) is 70.7 Å². The highest BCUT2D eigenvalue weighted by molar-refractivity contribution is 7.09. The molecule has 2 rings (SSSR count). The summed E-state index contributed by atoms with van der Waals surface area (Å²) in [5.41, 5.74) is 2.43. The SMILES string of the molecule is Cc1nc(C(=O)NCc2cn[nH]c2C)cs1. The van der Waals surface area contributed by atoms with Gasteiger partial charge in [-0.2, -0.15) is 5.10 Å². The molecule has 0 spiro atoms. The van der Waals surface area contributed by atoms with E-state index in [9.17, 15) is 4.79 Å². The Labute approximate surface area is 96.9 Å². The standard InChI is InChI=1S/C10H12N4OS/c1-6-8(4-12-14-6)3-11-10(15)9-5-16-7(2)13-9/h4-5H,3H2,1-2H3,(H,11,15)(H,12,14). The second kappa shape index (κ2) is 4.44. The molecule has 0 atom stereocenters. The van der Waals surface area contributed by atoms with Gasteiger partial charge in [-0.25, -0.2) is 4.98 Å². The molecule has 16 heavy (non-hydrogen) atoms. The number of aromatic nitrogens is 3. The monoisotopic (exact) mass is 236 g/mol. The highest BCUT2D eigenvalue weighted by atomic mass is 32.1. The normalized spacial score (nSPS) is 10.4. The van der Waals surface area contributed by atoms with Crippen LogP contribution in [0, 0.1) is 13.8 Å². The number of hydrogen-bond acceptors (Lipinski definition) is 4. The summed E-state index contributed by atoms with van der Waals surface area (Å²) in [6.45, 7) is 4.26. The third-order valence-corrected chi connectivity index (χ3v) is 3.00. The number of rotatable bonds is 3. The van der Waals surface area contributed by atoms with E-state index in [2.05, 4.69) is 20.5 Å². The Balaban J connectivity index is 1.96. The van der Waals surface area contributed by atoms with Gasteiger partial charge in [0.05, 0.1) is 11.2 Å². The molecule has 0 unspecified atom stereocenters. The predicted molar refractivity (Wildman–Crippen MR) is 61.3 cm³/mol. The number of thiazole rings is 1. The van der Waals surface area contributed by atoms with E-state index in [4.69, 9.17) is 0 Å². The summed E-state index contributed by atoms with van der Waals surface area (Å²) >= 11 is 1.47. The molecule has 6 heteroatoms. The molecule has 0 aliphatic carbocycles. The molecule has 0 bridgehead atoms. The third-order valence-electron chi connectivity index (χ3n) is 2.23. The maximum Gasteiger partial charge on any atom is 0.271 e. The number of carbonyl (C=O) groups excluding carboxylic acids is 1. The molecule has 2 aromatic rings. The van der Waals surface area contributed by atoms with Crippen molar-refractivity contribution in [2.24, 2.45) is 0 Å². The van der Waals surface area contributed by atoms with Crippen LogP contribution in [0.3, 0.4) is 0 Å². The molecule has 0 saturated carbocycles. The van der Waals surface area contributed by atoms with Crippen molar-refractivity contribution in [1.82, 2.24) is 20.5 Å². The summed E-state index contributed by atoms with van der Waals surface area (Å²) in [6.07, 6.45) is 1.71. The van der Waals surface area contributed by atoms with E-state index in [1.54, 1.807) is 11.6 Å². The van der Waals surface area contributed by atoms with Crippen molar-refractivity contribution in [3.8, 4) is 0 Å². The summed E-state index contributed by atoms with van der Waals surface area (Å²) in [5, 5.41) is 12.2. The molecule has 2 aromatic heterocycles. The second-order valence-corrected chi connectivity index (χ2v) is 4.52. The summed E-state index contributed by atoms with van der Waals surface area (Å²) in [4.78, 5) is 15.8. The van der Waals surface area contributed by atoms with Gasteiger partial charge in [-0.05, 0) is 13.8 Å². The minimum absolute atomic E-state index is 0.148. The van der Waals surface area contributed by atoms with Gasteiger partial charge in [0, 0.05) is 23.2 Å². The smallest absolute Gasteiger partial charge is 0.271 e. The van der Waals surface area contributed by atoms with Crippen molar-refractivity contribution in [1.29, 1.82) is 0 Å². The first kappa shape index (κ1) is 10.8. The zero-order valence-corrected chi connectivity index (χ0v) is 9.89. The van der Waals surface area contributed by atoms with Crippen molar-refractivity contribution < 1.29 is 4.79 Å². The van der Waals surface area contributed by atoms with Gasteiger partial charge in [-0.15, -0.1) is 11.3 Å². The van der Waals surface area contributed by atoms with Crippen LogP contribution in [0.1, 0.15) is 26.8 Å². The molecule has 2 heterocycles. The van der Waals surface area contributed by atoms with Crippen LogP contribution in [-0.2, 0) is 6.54 Å². The van der Waals surface area contributed by atoms with Crippen LogP contribution in [0.5, 0.6) is 0 Å². The average molecular weight is 236 g/mol. The van der Waals surface area contributed by atoms with Gasteiger partial charge in [0.1, 0.15) is 5.69 Å². The number of nitrogens with zero attached hydrogens (tertiary/aromatic N) is 2. The molecule has 2 N–H and O–H groups in total. The number of amides is 1. The molecular formula is C10H12N4OS. The number of nitrogens with one attached hydrogen (secondary N) is 2. The molecule has 0 aliphatic rings. The summed E-state index contributed by atoms with van der Waals surface area (Å²) in [5.74, 6) is -0.148. The Morgan fingerprint density at radius 3 is 2.94 bits per heavy atom. The zero-order chi connectivity index (χ0) is 11.5. The van der Waals surface area contributed by atoms with E-state index >= 15 is 0 Å². The number of carbonyl (C=O) groups is 1. The molecule has 0 aliphatic heterocycles. The average Bonchev–Trinajstić information content (AvgIpc) is 2.84. The van der Waals surface area contributed by atoms with E-state index in [0.29, 0.717) is 12.2 Å². The lowest BCUT2D eigenvalue weighted by atomic mass is 10.2. The largest absolute Gasteiger partial charge is 0.346 e. The second-order valence-electron chi connectivity index (χ2n) is 3.45. The Kier molecular flexibility index (Phi) is 3.00. The highest BCUT2D eigenvalue weighted by Gasteiger charge is 2.09. The van der Waals surface area contributed by atoms with E-state index < -0.39 is 0 Å². The minimum Gasteiger partial charge on any atom is -0.346 e. The van der Waals surface area contributed by atoms with Crippen LogP contribution in [0.25, 0.3) is 0 Å². The predicted octanol–water partition coefficient (Wildman–Crippen LogP) is 1.41. The van der Waals surface area contributed by atoms with E-state index in [1.807, 2.05) is 13.8 Å². The van der Waals surface area contributed by atoms with Gasteiger partial charge < -0.3 is 5.32 Å². The molecule has 0 radical (unpaired) electrons. The molecule has 0 fully saturated rings. The van der Waals surface area contributed by atoms with Crippen LogP contribution < -0.4 is 5.32 Å². The van der Waals surface area contributed by atoms with Gasteiger partial charge in [-0.3, -0.25) is 9.89 Å². The summed E-state index contributed by atoms with van der Waals surface area (Å²) in [7, 11) is 0. The van der Waals surface area contributed by atoms with Crippen molar-refractivity contribution in [2.75, 3.05) is 0 Å². The molecule has 5 nitrogen and oxygen atoms in total. The molecule has 1 amide bonds. The first-order valence-corrected chi connectivity index (χ1v) is 5.74. The summed E-state index contributed by atoms with van der Waals surface area (Å²) < 4.78 is 0. The van der Waals surface area contributed by atoms with Crippen molar-refractivity contribution in [2.45, 2.75) is 20.4 Å². The van der Waals surface area contributed by atoms with Gasteiger partial charge in [0.25, 0.3) is 5.91 Å². The van der Waals surface area contributed by atoms with Crippen molar-refractivity contribution in [3.05, 3.63) is 33.5 Å². The first-order chi connectivity index (χ1) is 7.66. The number of hydrogen-bond donors (Lipinski definition) is 2. The maximum atomic E-state index is 11.7. The van der Waals surface area contributed by atoms with Gasteiger partial charge >= 0.3 is 0 Å². The molecular weight excluding hydrogens is 224 g/mol. The first-order valence-electron chi connectivity index (χ1n) is 4.86. The lowest BCUT2D eigenvalue weighted by Gasteiger charge is -2.01. The van der Waals surface area contributed by atoms with E-state index in [1.165, 1.54) is 11.3 Å². The van der Waals surface area contributed by atoms with Crippen molar-refractivity contribution >= 4 is 17.2 Å². The number of aryl methyl sites for hydroxylation is 2. The van der Waals surface area contributed by atoms with Gasteiger partial charge in [0.15, 0.2) is 0 Å². The van der Waals surface area contributed by atoms with Crippen LogP contribution in [0.2, 0.25) is 0 Å². The quantitative estimate of drug-likeness (QED) is 0.846. The van der Waals surface area contributed by atoms with Gasteiger partial charge in [0.2, 0.25) is 0 Å².